The number of nitro groups is 1. The van der Waals surface area contributed by atoms with E-state index in [9.17, 15) is 19.7 Å². The summed E-state index contributed by atoms with van der Waals surface area (Å²) in [6.45, 7) is 4.30. The number of amides is 1. The molecule has 30 heavy (non-hydrogen) atoms. The molecule has 158 valence electrons. The number of nitro benzene ring substituents is 1. The monoisotopic (exact) mass is 415 g/mol. The summed E-state index contributed by atoms with van der Waals surface area (Å²) in [4.78, 5) is 33.4. The lowest BCUT2D eigenvalue weighted by Crippen LogP contribution is -2.25. The lowest BCUT2D eigenvalue weighted by Gasteiger charge is -2.11. The minimum Gasteiger partial charge on any atom is -0.493 e. The molecule has 1 N–H and O–H groups in total. The van der Waals surface area contributed by atoms with Crippen molar-refractivity contribution in [2.24, 2.45) is 5.10 Å². The van der Waals surface area contributed by atoms with Crippen molar-refractivity contribution in [2.75, 3.05) is 13.7 Å². The zero-order valence-corrected chi connectivity index (χ0v) is 16.9. The Bertz CT molecular complexity index is 979. The van der Waals surface area contributed by atoms with Crippen LogP contribution in [0.1, 0.15) is 23.6 Å². The number of esters is 1. The van der Waals surface area contributed by atoms with Crippen molar-refractivity contribution in [1.82, 2.24) is 5.43 Å². The Morgan fingerprint density at radius 1 is 1.17 bits per heavy atom. The van der Waals surface area contributed by atoms with E-state index >= 15 is 0 Å². The maximum atomic E-state index is 12.0. The second-order valence-electron chi connectivity index (χ2n) is 6.25. The molecule has 0 aromatic heterocycles. The second kappa shape index (κ2) is 10.0. The number of carbonyl (C=O) groups is 2. The third kappa shape index (κ3) is 6.03. The van der Waals surface area contributed by atoms with Crippen molar-refractivity contribution in [3.63, 3.8) is 0 Å². The highest BCUT2D eigenvalue weighted by atomic mass is 16.6. The van der Waals surface area contributed by atoms with Crippen LogP contribution in [0.15, 0.2) is 35.4 Å². The number of carbonyl (C=O) groups excluding carboxylic acids is 2. The Morgan fingerprint density at radius 2 is 1.83 bits per heavy atom. The van der Waals surface area contributed by atoms with E-state index in [4.69, 9.17) is 14.2 Å². The number of rotatable bonds is 8. The van der Waals surface area contributed by atoms with Crippen molar-refractivity contribution in [1.29, 1.82) is 0 Å². The number of hydrazone groups is 1. The Labute approximate surface area is 172 Å². The van der Waals surface area contributed by atoms with Crippen molar-refractivity contribution in [3.8, 4) is 17.2 Å². The molecule has 2 aromatic carbocycles. The summed E-state index contributed by atoms with van der Waals surface area (Å²) in [5, 5.41) is 14.7. The molecule has 10 nitrogen and oxygen atoms in total. The van der Waals surface area contributed by atoms with Gasteiger partial charge in [-0.25, -0.2) is 5.43 Å². The Balaban J connectivity index is 1.96. The molecule has 0 aliphatic rings. The van der Waals surface area contributed by atoms with Gasteiger partial charge < -0.3 is 14.2 Å². The van der Waals surface area contributed by atoms with Gasteiger partial charge in [-0.1, -0.05) is 0 Å². The second-order valence-corrected chi connectivity index (χ2v) is 6.25. The van der Waals surface area contributed by atoms with E-state index in [1.165, 1.54) is 32.4 Å². The smallest absolute Gasteiger partial charge is 0.308 e. The van der Waals surface area contributed by atoms with Gasteiger partial charge in [0.1, 0.15) is 5.75 Å². The van der Waals surface area contributed by atoms with E-state index in [0.29, 0.717) is 28.2 Å². The molecule has 1 amide bonds. The summed E-state index contributed by atoms with van der Waals surface area (Å²) < 4.78 is 15.7. The van der Waals surface area contributed by atoms with Gasteiger partial charge in [-0.05, 0) is 48.7 Å². The minimum absolute atomic E-state index is 0.0402. The summed E-state index contributed by atoms with van der Waals surface area (Å²) in [5.41, 5.74) is 4.00. The third-order valence-electron chi connectivity index (χ3n) is 3.85. The van der Waals surface area contributed by atoms with Gasteiger partial charge in [0.05, 0.1) is 18.2 Å². The van der Waals surface area contributed by atoms with Crippen LogP contribution in [0.3, 0.4) is 0 Å². The van der Waals surface area contributed by atoms with Crippen LogP contribution in [-0.2, 0) is 9.59 Å². The fourth-order valence-corrected chi connectivity index (χ4v) is 2.61. The van der Waals surface area contributed by atoms with Crippen LogP contribution in [0.25, 0.3) is 0 Å². The Morgan fingerprint density at radius 3 is 2.40 bits per heavy atom. The average molecular weight is 415 g/mol. The van der Waals surface area contributed by atoms with Crippen molar-refractivity contribution in [2.45, 2.75) is 20.8 Å². The molecule has 0 fully saturated rings. The number of methoxy groups -OCH3 is 1. The molecule has 0 saturated heterocycles. The van der Waals surface area contributed by atoms with E-state index in [1.54, 1.807) is 32.0 Å². The fourth-order valence-electron chi connectivity index (χ4n) is 2.61. The van der Waals surface area contributed by atoms with E-state index in [0.717, 1.165) is 0 Å². The number of nitrogens with one attached hydrogen (secondary N) is 1. The van der Waals surface area contributed by atoms with Crippen LogP contribution in [0, 0.1) is 24.0 Å². The SMILES string of the molecule is COc1cc(/C=N/NC(=O)COc2c(C)cc([N+](=O)[O-])cc2C)ccc1OC(C)=O. The number of hydrogen-bond donors (Lipinski definition) is 1. The van der Waals surface area contributed by atoms with E-state index in [2.05, 4.69) is 10.5 Å². The predicted octanol–water partition coefficient (Wildman–Crippen LogP) is 2.67. The van der Waals surface area contributed by atoms with E-state index in [1.807, 2.05) is 0 Å². The highest BCUT2D eigenvalue weighted by Crippen LogP contribution is 2.28. The Kier molecular flexibility index (Phi) is 7.45. The van der Waals surface area contributed by atoms with Crippen LogP contribution in [0.2, 0.25) is 0 Å². The third-order valence-corrected chi connectivity index (χ3v) is 3.85. The molecule has 0 radical (unpaired) electrons. The van der Waals surface area contributed by atoms with E-state index < -0.39 is 16.8 Å². The van der Waals surface area contributed by atoms with Gasteiger partial charge in [-0.15, -0.1) is 0 Å². The number of non-ortho nitro benzene ring substituents is 1. The topological polar surface area (TPSA) is 129 Å². The quantitative estimate of drug-likeness (QED) is 0.231. The maximum Gasteiger partial charge on any atom is 0.308 e. The lowest BCUT2D eigenvalue weighted by molar-refractivity contribution is -0.385. The molecule has 0 bridgehead atoms. The molecule has 0 aliphatic heterocycles. The number of hydrogen-bond acceptors (Lipinski definition) is 8. The molecular formula is C20H21N3O7. The zero-order chi connectivity index (χ0) is 22.3. The lowest BCUT2D eigenvalue weighted by atomic mass is 10.1. The highest BCUT2D eigenvalue weighted by molar-refractivity contribution is 5.84. The minimum atomic E-state index is -0.507. The number of ether oxygens (including phenoxy) is 3. The van der Waals surface area contributed by atoms with Gasteiger partial charge in [0.25, 0.3) is 11.6 Å². The largest absolute Gasteiger partial charge is 0.493 e. The summed E-state index contributed by atoms with van der Waals surface area (Å²) in [5.74, 6) is 0.0410. The van der Waals surface area contributed by atoms with Gasteiger partial charge in [0.2, 0.25) is 0 Å². The van der Waals surface area contributed by atoms with Gasteiger partial charge in [0.15, 0.2) is 18.1 Å². The summed E-state index contributed by atoms with van der Waals surface area (Å²) in [6.07, 6.45) is 1.39. The first-order valence-electron chi connectivity index (χ1n) is 8.78. The van der Waals surface area contributed by atoms with Gasteiger partial charge in [-0.2, -0.15) is 5.10 Å². The van der Waals surface area contributed by atoms with Crippen LogP contribution in [-0.4, -0.2) is 36.7 Å². The maximum absolute atomic E-state index is 12.0. The van der Waals surface area contributed by atoms with Gasteiger partial charge >= 0.3 is 5.97 Å². The molecule has 0 atom stereocenters. The molecular weight excluding hydrogens is 394 g/mol. The number of benzene rings is 2. The summed E-state index contributed by atoms with van der Waals surface area (Å²) in [7, 11) is 1.44. The fraction of sp³-hybridized carbons (Fsp3) is 0.250. The van der Waals surface area contributed by atoms with Crippen molar-refractivity contribution in [3.05, 3.63) is 57.1 Å². The zero-order valence-electron chi connectivity index (χ0n) is 16.9. The number of aryl methyl sites for hydroxylation is 2. The first-order valence-corrected chi connectivity index (χ1v) is 8.78. The van der Waals surface area contributed by atoms with Crippen molar-refractivity contribution >= 4 is 23.8 Å². The van der Waals surface area contributed by atoms with Crippen LogP contribution in [0.5, 0.6) is 17.2 Å². The van der Waals surface area contributed by atoms with Gasteiger partial charge in [-0.3, -0.25) is 19.7 Å². The first-order chi connectivity index (χ1) is 14.2. The molecule has 0 heterocycles. The molecule has 0 aliphatic carbocycles. The molecule has 2 aromatic rings. The molecule has 0 unspecified atom stereocenters. The Hall–Kier alpha value is -3.95. The highest BCUT2D eigenvalue weighted by Gasteiger charge is 2.14. The standard InChI is InChI=1S/C20H21N3O7/c1-12-7-16(23(26)27)8-13(2)20(12)29-11-19(25)22-21-10-15-5-6-17(30-14(3)24)18(9-15)28-4/h5-10H,11H2,1-4H3,(H,22,25)/b21-10+. The predicted molar refractivity (Wildman–Crippen MR) is 108 cm³/mol. The van der Waals surface area contributed by atoms with Crippen LogP contribution >= 0.6 is 0 Å². The average Bonchev–Trinajstić information content (AvgIpc) is 2.67. The molecule has 2 rings (SSSR count). The van der Waals surface area contributed by atoms with Gasteiger partial charge in [0, 0.05) is 19.1 Å². The molecule has 0 saturated carbocycles. The van der Waals surface area contributed by atoms with Crippen molar-refractivity contribution < 1.29 is 28.7 Å². The normalized spacial score (nSPS) is 10.5. The summed E-state index contributed by atoms with van der Waals surface area (Å²) >= 11 is 0. The first kappa shape index (κ1) is 22.3. The number of nitrogens with zero attached hydrogens (tertiary/aromatic N) is 2. The van der Waals surface area contributed by atoms with Crippen LogP contribution in [0.4, 0.5) is 5.69 Å². The molecule has 0 spiro atoms. The summed E-state index contributed by atoms with van der Waals surface area (Å²) in [6, 6.07) is 7.54. The molecule has 10 heteroatoms. The van der Waals surface area contributed by atoms with Crippen LogP contribution < -0.4 is 19.6 Å². The van der Waals surface area contributed by atoms with E-state index in [-0.39, 0.29) is 18.0 Å².